The number of aromatic nitrogens is 1. The first-order valence-corrected chi connectivity index (χ1v) is 6.67. The first-order chi connectivity index (χ1) is 7.40. The molecule has 0 aromatic carbocycles. The number of hydrogen-bond acceptors (Lipinski definition) is 4. The first kappa shape index (κ1) is 11.0. The summed E-state index contributed by atoms with van der Waals surface area (Å²) in [6.07, 6.45) is 7.28. The van der Waals surface area contributed by atoms with Crippen LogP contribution in [-0.4, -0.2) is 22.0 Å². The van der Waals surface area contributed by atoms with Crippen molar-refractivity contribution in [3.8, 4) is 0 Å². The third kappa shape index (κ3) is 2.98. The Morgan fingerprint density at radius 3 is 3.27 bits per heavy atom. The smallest absolute Gasteiger partial charge is 0.180 e. The summed E-state index contributed by atoms with van der Waals surface area (Å²) in [7, 11) is 0. The number of hydrogen-bond donors (Lipinski definition) is 1. The van der Waals surface area contributed by atoms with Crippen molar-refractivity contribution in [2.24, 2.45) is 0 Å². The Morgan fingerprint density at radius 1 is 1.60 bits per heavy atom. The molecule has 1 N–H and O–H groups in total. The zero-order valence-electron chi connectivity index (χ0n) is 9.11. The molecule has 0 radical (unpaired) electrons. The Bertz CT molecular complexity index is 276. The molecule has 15 heavy (non-hydrogen) atoms. The molecule has 0 spiro atoms. The molecule has 1 aliphatic rings. The third-order valence-corrected chi connectivity index (χ3v) is 4.18. The average Bonchev–Trinajstić information content (AvgIpc) is 2.85. The molecule has 2 unspecified atom stereocenters. The Balaban J connectivity index is 1.78. The van der Waals surface area contributed by atoms with E-state index in [4.69, 9.17) is 4.42 Å². The molecular formula is C11H18N2OS. The van der Waals surface area contributed by atoms with Gasteiger partial charge in [0.1, 0.15) is 5.76 Å². The maximum absolute atomic E-state index is 5.21. The molecule has 3 nitrogen and oxygen atoms in total. The third-order valence-electron chi connectivity index (χ3n) is 2.86. The van der Waals surface area contributed by atoms with Gasteiger partial charge in [0.25, 0.3) is 0 Å². The molecular weight excluding hydrogens is 208 g/mol. The van der Waals surface area contributed by atoms with Crippen molar-refractivity contribution in [3.63, 3.8) is 0 Å². The second kappa shape index (κ2) is 5.56. The molecule has 1 saturated carbocycles. The molecule has 0 saturated heterocycles. The van der Waals surface area contributed by atoms with E-state index in [9.17, 15) is 0 Å². The van der Waals surface area contributed by atoms with Gasteiger partial charge in [-0.15, -0.1) is 0 Å². The molecule has 1 aromatic heterocycles. The van der Waals surface area contributed by atoms with Crippen LogP contribution in [0.25, 0.3) is 0 Å². The van der Waals surface area contributed by atoms with Gasteiger partial charge in [-0.1, -0.05) is 13.3 Å². The van der Waals surface area contributed by atoms with Crippen molar-refractivity contribution < 1.29 is 4.42 Å². The maximum atomic E-state index is 5.21. The van der Waals surface area contributed by atoms with Crippen LogP contribution >= 0.6 is 11.8 Å². The average molecular weight is 226 g/mol. The van der Waals surface area contributed by atoms with Crippen molar-refractivity contribution in [3.05, 3.63) is 18.4 Å². The first-order valence-electron chi connectivity index (χ1n) is 5.62. The monoisotopic (exact) mass is 226 g/mol. The van der Waals surface area contributed by atoms with Crippen LogP contribution in [0, 0.1) is 0 Å². The van der Waals surface area contributed by atoms with E-state index in [1.54, 1.807) is 6.20 Å². The highest BCUT2D eigenvalue weighted by Crippen LogP contribution is 2.29. The van der Waals surface area contributed by atoms with E-state index in [2.05, 4.69) is 29.0 Å². The minimum Gasteiger partial charge on any atom is -0.447 e. The fraction of sp³-hybridized carbons (Fsp3) is 0.727. The van der Waals surface area contributed by atoms with Crippen molar-refractivity contribution in [2.45, 2.75) is 44.0 Å². The molecule has 84 valence electrons. The topological polar surface area (TPSA) is 38.1 Å². The highest BCUT2D eigenvalue weighted by Gasteiger charge is 2.26. The molecule has 1 aliphatic carbocycles. The van der Waals surface area contributed by atoms with E-state index in [1.807, 2.05) is 0 Å². The largest absolute Gasteiger partial charge is 0.447 e. The fourth-order valence-electron chi connectivity index (χ4n) is 2.13. The van der Waals surface area contributed by atoms with Crippen molar-refractivity contribution >= 4 is 11.8 Å². The van der Waals surface area contributed by atoms with Crippen molar-refractivity contribution in [1.29, 1.82) is 0 Å². The summed E-state index contributed by atoms with van der Waals surface area (Å²) < 4.78 is 5.21. The lowest BCUT2D eigenvalue weighted by molar-refractivity contribution is 0.447. The van der Waals surface area contributed by atoms with E-state index < -0.39 is 0 Å². The number of nitrogens with zero attached hydrogens (tertiary/aromatic N) is 1. The van der Waals surface area contributed by atoms with E-state index in [0.717, 1.165) is 17.6 Å². The van der Waals surface area contributed by atoms with Crippen LogP contribution < -0.4 is 5.32 Å². The van der Waals surface area contributed by atoms with Gasteiger partial charge in [-0.3, -0.25) is 0 Å². The lowest BCUT2D eigenvalue weighted by Gasteiger charge is -2.19. The van der Waals surface area contributed by atoms with Gasteiger partial charge in [0.2, 0.25) is 0 Å². The van der Waals surface area contributed by atoms with Crippen molar-refractivity contribution in [1.82, 2.24) is 10.3 Å². The molecule has 0 bridgehead atoms. The second-order valence-corrected chi connectivity index (χ2v) is 5.40. The van der Waals surface area contributed by atoms with Gasteiger partial charge in [0.15, 0.2) is 6.39 Å². The van der Waals surface area contributed by atoms with Gasteiger partial charge in [-0.2, -0.15) is 11.8 Å². The molecule has 0 amide bonds. The molecule has 2 atom stereocenters. The van der Waals surface area contributed by atoms with Gasteiger partial charge >= 0.3 is 0 Å². The molecule has 0 aliphatic heterocycles. The van der Waals surface area contributed by atoms with E-state index >= 15 is 0 Å². The van der Waals surface area contributed by atoms with Crippen LogP contribution in [-0.2, 0) is 6.54 Å². The molecule has 2 rings (SSSR count). The summed E-state index contributed by atoms with van der Waals surface area (Å²) in [5, 5.41) is 4.35. The minimum atomic E-state index is 0.653. The molecule has 1 fully saturated rings. The zero-order chi connectivity index (χ0) is 10.5. The van der Waals surface area contributed by atoms with Crippen LogP contribution in [0.15, 0.2) is 17.0 Å². The van der Waals surface area contributed by atoms with Gasteiger partial charge in [-0.25, -0.2) is 4.98 Å². The summed E-state index contributed by atoms with van der Waals surface area (Å²) >= 11 is 2.08. The van der Waals surface area contributed by atoms with Gasteiger partial charge in [-0.05, 0) is 18.6 Å². The van der Waals surface area contributed by atoms with Crippen LogP contribution in [0.5, 0.6) is 0 Å². The van der Waals surface area contributed by atoms with Crippen LogP contribution in [0.2, 0.25) is 0 Å². The SMILES string of the molecule is CCSC1CCCC1NCc1cnco1. The Kier molecular flexibility index (Phi) is 4.09. The maximum Gasteiger partial charge on any atom is 0.180 e. The molecule has 1 aromatic rings. The lowest BCUT2D eigenvalue weighted by atomic mass is 10.2. The van der Waals surface area contributed by atoms with Crippen LogP contribution in [0.4, 0.5) is 0 Å². The standard InChI is InChI=1S/C11H18N2OS/c1-2-15-11-5-3-4-10(11)13-7-9-6-12-8-14-9/h6,8,10-11,13H,2-5,7H2,1H3. The number of thioether (sulfide) groups is 1. The van der Waals surface area contributed by atoms with Gasteiger partial charge < -0.3 is 9.73 Å². The number of rotatable bonds is 5. The van der Waals surface area contributed by atoms with Crippen LogP contribution in [0.3, 0.4) is 0 Å². The summed E-state index contributed by atoms with van der Waals surface area (Å²) in [4.78, 5) is 3.91. The summed E-state index contributed by atoms with van der Waals surface area (Å²) in [6.45, 7) is 3.04. The highest BCUT2D eigenvalue weighted by atomic mass is 32.2. The quantitative estimate of drug-likeness (QED) is 0.837. The van der Waals surface area contributed by atoms with Gasteiger partial charge in [0, 0.05) is 11.3 Å². The van der Waals surface area contributed by atoms with E-state index in [1.165, 1.54) is 31.4 Å². The lowest BCUT2D eigenvalue weighted by Crippen LogP contribution is -2.33. The Morgan fingerprint density at radius 2 is 2.53 bits per heavy atom. The summed E-state index contributed by atoms with van der Waals surface area (Å²) in [6, 6.07) is 0.653. The predicted molar refractivity (Wildman–Crippen MR) is 62.9 cm³/mol. The molecule has 1 heterocycles. The predicted octanol–water partition coefficient (Wildman–Crippen LogP) is 2.44. The Labute approximate surface area is 95.0 Å². The zero-order valence-corrected chi connectivity index (χ0v) is 9.93. The summed E-state index contributed by atoms with van der Waals surface area (Å²) in [5.74, 6) is 2.15. The minimum absolute atomic E-state index is 0.653. The van der Waals surface area contributed by atoms with E-state index in [0.29, 0.717) is 6.04 Å². The molecule has 4 heteroatoms. The summed E-state index contributed by atoms with van der Waals surface area (Å²) in [5.41, 5.74) is 0. The Hall–Kier alpha value is -0.480. The van der Waals surface area contributed by atoms with Gasteiger partial charge in [0.05, 0.1) is 12.7 Å². The second-order valence-electron chi connectivity index (χ2n) is 3.88. The fourth-order valence-corrected chi connectivity index (χ4v) is 3.36. The van der Waals surface area contributed by atoms with Crippen LogP contribution in [0.1, 0.15) is 31.9 Å². The highest BCUT2D eigenvalue weighted by molar-refractivity contribution is 7.99. The number of nitrogens with one attached hydrogen (secondary N) is 1. The van der Waals surface area contributed by atoms with Crippen molar-refractivity contribution in [2.75, 3.05) is 5.75 Å². The van der Waals surface area contributed by atoms with E-state index in [-0.39, 0.29) is 0 Å². The normalized spacial score (nSPS) is 25.9. The number of oxazole rings is 1.